The molecule has 0 saturated heterocycles. The molecule has 3 rings (SSSR count). The summed E-state index contributed by atoms with van der Waals surface area (Å²) in [5.41, 5.74) is 0.806. The molecule has 2 aromatic rings. The predicted molar refractivity (Wildman–Crippen MR) is 73.8 cm³/mol. The monoisotopic (exact) mass is 277 g/mol. The van der Waals surface area contributed by atoms with E-state index < -0.39 is 0 Å². The Morgan fingerprint density at radius 3 is 2.84 bits per heavy atom. The summed E-state index contributed by atoms with van der Waals surface area (Å²) in [7, 11) is 0. The number of hydrogen-bond donors (Lipinski definition) is 1. The Morgan fingerprint density at radius 1 is 1.26 bits per heavy atom. The Hall–Kier alpha value is -1.39. The summed E-state index contributed by atoms with van der Waals surface area (Å²) in [6, 6.07) is 8.10. The lowest BCUT2D eigenvalue weighted by molar-refractivity contribution is 0.357. The van der Waals surface area contributed by atoms with E-state index in [2.05, 4.69) is 15.5 Å². The fraction of sp³-hybridized carbons (Fsp3) is 0.429. The molecule has 0 atom stereocenters. The van der Waals surface area contributed by atoms with Crippen molar-refractivity contribution in [3.63, 3.8) is 0 Å². The number of hydrogen-bond acceptors (Lipinski definition) is 4. The summed E-state index contributed by atoms with van der Waals surface area (Å²) in [6.45, 7) is 0.627. The third kappa shape index (κ3) is 2.96. The molecule has 1 aromatic carbocycles. The maximum Gasteiger partial charge on any atom is 0.240 e. The van der Waals surface area contributed by atoms with Gasteiger partial charge in [0.2, 0.25) is 11.7 Å². The zero-order chi connectivity index (χ0) is 13.1. The van der Waals surface area contributed by atoms with Crippen molar-refractivity contribution in [1.29, 1.82) is 0 Å². The highest BCUT2D eigenvalue weighted by Gasteiger charge is 2.16. The van der Waals surface area contributed by atoms with Gasteiger partial charge in [0.1, 0.15) is 0 Å². The van der Waals surface area contributed by atoms with Crippen LogP contribution in [0.2, 0.25) is 5.02 Å². The molecule has 1 aromatic heterocycles. The maximum atomic E-state index is 6.11. The van der Waals surface area contributed by atoms with Crippen molar-refractivity contribution < 1.29 is 4.52 Å². The Kier molecular flexibility index (Phi) is 3.80. The number of rotatable bonds is 4. The standard InChI is InChI=1S/C14H16ClN3O/c15-12-8-4-3-7-11(12)14-17-13(19-18-14)9-16-10-5-1-2-6-10/h3-4,7-8,10,16H,1-2,5-6,9H2. The molecule has 0 spiro atoms. The van der Waals surface area contributed by atoms with Gasteiger partial charge in [-0.3, -0.25) is 0 Å². The molecule has 100 valence electrons. The molecule has 4 nitrogen and oxygen atoms in total. The summed E-state index contributed by atoms with van der Waals surface area (Å²) in [4.78, 5) is 4.38. The second-order valence-corrected chi connectivity index (χ2v) is 5.26. The van der Waals surface area contributed by atoms with Crippen molar-refractivity contribution in [2.75, 3.05) is 0 Å². The normalized spacial score (nSPS) is 16.1. The third-order valence-corrected chi connectivity index (χ3v) is 3.81. The molecule has 1 aliphatic rings. The highest BCUT2D eigenvalue weighted by Crippen LogP contribution is 2.25. The second kappa shape index (κ2) is 5.72. The van der Waals surface area contributed by atoms with Gasteiger partial charge in [-0.05, 0) is 25.0 Å². The zero-order valence-corrected chi connectivity index (χ0v) is 11.4. The quantitative estimate of drug-likeness (QED) is 0.930. The lowest BCUT2D eigenvalue weighted by atomic mass is 10.2. The fourth-order valence-electron chi connectivity index (χ4n) is 2.44. The van der Waals surface area contributed by atoms with Crippen molar-refractivity contribution in [2.24, 2.45) is 0 Å². The van der Waals surface area contributed by atoms with Crippen molar-refractivity contribution in [1.82, 2.24) is 15.5 Å². The summed E-state index contributed by atoms with van der Waals surface area (Å²) >= 11 is 6.11. The number of halogens is 1. The molecule has 5 heteroatoms. The van der Waals surface area contributed by atoms with E-state index in [1.54, 1.807) is 0 Å². The first-order valence-corrected chi connectivity index (χ1v) is 7.01. The van der Waals surface area contributed by atoms with Gasteiger partial charge in [-0.2, -0.15) is 4.98 Å². The van der Waals surface area contributed by atoms with Gasteiger partial charge >= 0.3 is 0 Å². The highest BCUT2D eigenvalue weighted by atomic mass is 35.5. The Balaban J connectivity index is 1.67. The minimum absolute atomic E-state index is 0.550. The van der Waals surface area contributed by atoms with Gasteiger partial charge in [0, 0.05) is 11.6 Å². The van der Waals surface area contributed by atoms with Crippen LogP contribution in [0, 0.1) is 0 Å². The summed E-state index contributed by atoms with van der Waals surface area (Å²) in [5.74, 6) is 1.16. The van der Waals surface area contributed by atoms with Gasteiger partial charge in [0.25, 0.3) is 0 Å². The Bertz CT molecular complexity index is 549. The molecule has 1 heterocycles. The number of nitrogens with zero attached hydrogens (tertiary/aromatic N) is 2. The first-order valence-electron chi connectivity index (χ1n) is 6.64. The summed E-state index contributed by atoms with van der Waals surface area (Å²) in [5, 5.41) is 8.07. The first-order chi connectivity index (χ1) is 9.33. The minimum atomic E-state index is 0.550. The average Bonchev–Trinajstić information content (AvgIpc) is 3.08. The van der Waals surface area contributed by atoms with E-state index >= 15 is 0 Å². The lowest BCUT2D eigenvalue weighted by Gasteiger charge is -2.08. The average molecular weight is 278 g/mol. The molecule has 0 unspecified atom stereocenters. The van der Waals surface area contributed by atoms with Crippen LogP contribution < -0.4 is 5.32 Å². The van der Waals surface area contributed by atoms with E-state index in [9.17, 15) is 0 Å². The van der Waals surface area contributed by atoms with Gasteiger partial charge in [-0.25, -0.2) is 0 Å². The van der Waals surface area contributed by atoms with E-state index in [1.165, 1.54) is 25.7 Å². The molecule has 0 radical (unpaired) electrons. The first kappa shape index (κ1) is 12.6. The molecular formula is C14H16ClN3O. The zero-order valence-electron chi connectivity index (χ0n) is 10.6. The predicted octanol–water partition coefficient (Wildman–Crippen LogP) is 3.42. The maximum absolute atomic E-state index is 6.11. The van der Waals surface area contributed by atoms with Crippen LogP contribution in [0.15, 0.2) is 28.8 Å². The van der Waals surface area contributed by atoms with E-state index in [-0.39, 0.29) is 0 Å². The molecule has 1 aliphatic carbocycles. The van der Waals surface area contributed by atoms with E-state index in [0.29, 0.717) is 29.3 Å². The number of nitrogens with one attached hydrogen (secondary N) is 1. The van der Waals surface area contributed by atoms with Crippen LogP contribution in [0.3, 0.4) is 0 Å². The SMILES string of the molecule is Clc1ccccc1-c1noc(CNC2CCCC2)n1. The van der Waals surface area contributed by atoms with Crippen LogP contribution in [0.1, 0.15) is 31.6 Å². The van der Waals surface area contributed by atoms with Gasteiger partial charge in [-0.1, -0.05) is 41.7 Å². The number of benzene rings is 1. The van der Waals surface area contributed by atoms with Crippen molar-refractivity contribution in [3.05, 3.63) is 35.2 Å². The molecular weight excluding hydrogens is 262 g/mol. The van der Waals surface area contributed by atoms with E-state index in [1.807, 2.05) is 24.3 Å². The van der Waals surface area contributed by atoms with Crippen LogP contribution in [-0.2, 0) is 6.54 Å². The largest absolute Gasteiger partial charge is 0.338 e. The molecule has 0 amide bonds. The molecule has 1 N–H and O–H groups in total. The van der Waals surface area contributed by atoms with Crippen LogP contribution in [0.4, 0.5) is 0 Å². The molecule has 1 fully saturated rings. The van der Waals surface area contributed by atoms with Crippen molar-refractivity contribution >= 4 is 11.6 Å². The topological polar surface area (TPSA) is 51.0 Å². The summed E-state index contributed by atoms with van der Waals surface area (Å²) in [6.07, 6.45) is 5.11. The van der Waals surface area contributed by atoms with Gasteiger partial charge < -0.3 is 9.84 Å². The van der Waals surface area contributed by atoms with Crippen LogP contribution in [0.5, 0.6) is 0 Å². The van der Waals surface area contributed by atoms with Crippen molar-refractivity contribution in [2.45, 2.75) is 38.3 Å². The lowest BCUT2D eigenvalue weighted by Crippen LogP contribution is -2.25. The highest BCUT2D eigenvalue weighted by molar-refractivity contribution is 6.33. The Morgan fingerprint density at radius 2 is 2.05 bits per heavy atom. The number of aromatic nitrogens is 2. The van der Waals surface area contributed by atoms with Crippen molar-refractivity contribution in [3.8, 4) is 11.4 Å². The van der Waals surface area contributed by atoms with Gasteiger partial charge in [0.15, 0.2) is 0 Å². The van der Waals surface area contributed by atoms with Crippen LogP contribution in [-0.4, -0.2) is 16.2 Å². The molecule has 1 saturated carbocycles. The molecule has 0 aliphatic heterocycles. The van der Waals surface area contributed by atoms with Crippen LogP contribution in [0.25, 0.3) is 11.4 Å². The second-order valence-electron chi connectivity index (χ2n) is 4.85. The van der Waals surface area contributed by atoms with Gasteiger partial charge in [0.05, 0.1) is 11.6 Å². The fourth-order valence-corrected chi connectivity index (χ4v) is 2.66. The smallest absolute Gasteiger partial charge is 0.240 e. The third-order valence-electron chi connectivity index (χ3n) is 3.48. The molecule has 19 heavy (non-hydrogen) atoms. The summed E-state index contributed by atoms with van der Waals surface area (Å²) < 4.78 is 5.25. The van der Waals surface area contributed by atoms with E-state index in [0.717, 1.165) is 5.56 Å². The van der Waals surface area contributed by atoms with Crippen LogP contribution >= 0.6 is 11.6 Å². The molecule has 0 bridgehead atoms. The minimum Gasteiger partial charge on any atom is -0.338 e. The van der Waals surface area contributed by atoms with Gasteiger partial charge in [-0.15, -0.1) is 0 Å². The van der Waals surface area contributed by atoms with E-state index in [4.69, 9.17) is 16.1 Å². The Labute approximate surface area is 117 Å².